The Balaban J connectivity index is 2.51. The van der Waals surface area contributed by atoms with E-state index in [9.17, 15) is 4.79 Å². The molecule has 2 atom stereocenters. The average molecular weight is 170 g/mol. The summed E-state index contributed by atoms with van der Waals surface area (Å²) in [5.74, 6) is 0.426. The molecule has 0 N–H and O–H groups in total. The van der Waals surface area contributed by atoms with Crippen LogP contribution < -0.4 is 0 Å². The molecule has 69 valence electrons. The number of carbonyl (C=O) groups excluding carboxylic acids is 1. The van der Waals surface area contributed by atoms with E-state index in [4.69, 9.17) is 4.74 Å². The zero-order valence-corrected chi connectivity index (χ0v) is 7.53. The molecule has 0 aromatic heterocycles. The van der Waals surface area contributed by atoms with Crippen molar-refractivity contribution >= 4 is 6.41 Å². The molecule has 1 rings (SSSR count). The van der Waals surface area contributed by atoms with E-state index in [1.807, 2.05) is 4.90 Å². The van der Waals surface area contributed by atoms with Crippen LogP contribution in [0.1, 0.15) is 13.3 Å². The molecule has 0 aromatic rings. The van der Waals surface area contributed by atoms with Gasteiger partial charge in [-0.25, -0.2) is 0 Å². The van der Waals surface area contributed by atoms with Crippen molar-refractivity contribution in [2.75, 3.05) is 19.8 Å². The minimum atomic E-state index is 0.230. The van der Waals surface area contributed by atoms with Gasteiger partial charge in [0, 0.05) is 6.54 Å². The topological polar surface area (TPSA) is 29.5 Å². The van der Waals surface area contributed by atoms with Crippen molar-refractivity contribution in [1.29, 1.82) is 0 Å². The molecule has 0 spiro atoms. The normalized spacial score (nSPS) is 26.8. The molecular formula is C9H16NO2. The third-order valence-corrected chi connectivity index (χ3v) is 2.46. The second-order valence-electron chi connectivity index (χ2n) is 3.25. The van der Waals surface area contributed by atoms with Gasteiger partial charge in [0.15, 0.2) is 0 Å². The third-order valence-electron chi connectivity index (χ3n) is 2.46. The molecule has 12 heavy (non-hydrogen) atoms. The van der Waals surface area contributed by atoms with Crippen molar-refractivity contribution in [1.82, 2.24) is 4.90 Å². The van der Waals surface area contributed by atoms with Gasteiger partial charge in [-0.05, 0) is 12.3 Å². The fourth-order valence-electron chi connectivity index (χ4n) is 1.45. The van der Waals surface area contributed by atoms with Crippen LogP contribution in [0.2, 0.25) is 0 Å². The van der Waals surface area contributed by atoms with Gasteiger partial charge in [-0.1, -0.05) is 13.8 Å². The fourth-order valence-corrected chi connectivity index (χ4v) is 1.45. The van der Waals surface area contributed by atoms with Crippen LogP contribution in [0, 0.1) is 12.8 Å². The van der Waals surface area contributed by atoms with E-state index < -0.39 is 0 Å². The molecule has 1 aliphatic rings. The lowest BCUT2D eigenvalue weighted by Gasteiger charge is -2.36. The number of rotatable bonds is 3. The molecule has 0 aliphatic carbocycles. The number of ether oxygens (including phenoxy) is 1. The first kappa shape index (κ1) is 9.52. The Labute approximate surface area is 73.7 Å². The Kier molecular flexibility index (Phi) is 3.53. The summed E-state index contributed by atoms with van der Waals surface area (Å²) in [6.45, 7) is 7.98. The Morgan fingerprint density at radius 1 is 1.83 bits per heavy atom. The number of morpholine rings is 1. The highest BCUT2D eigenvalue weighted by Crippen LogP contribution is 2.16. The molecule has 1 saturated heterocycles. The van der Waals surface area contributed by atoms with E-state index in [-0.39, 0.29) is 6.04 Å². The first-order chi connectivity index (χ1) is 5.79. The van der Waals surface area contributed by atoms with E-state index in [0.29, 0.717) is 19.1 Å². The highest BCUT2D eigenvalue weighted by Gasteiger charge is 2.25. The van der Waals surface area contributed by atoms with Crippen molar-refractivity contribution in [2.24, 2.45) is 5.92 Å². The Morgan fingerprint density at radius 2 is 2.58 bits per heavy atom. The monoisotopic (exact) mass is 170 g/mol. The van der Waals surface area contributed by atoms with Crippen LogP contribution in [0.15, 0.2) is 0 Å². The van der Waals surface area contributed by atoms with Crippen molar-refractivity contribution in [3.63, 3.8) is 0 Å². The summed E-state index contributed by atoms with van der Waals surface area (Å²) < 4.78 is 5.31. The minimum Gasteiger partial charge on any atom is -0.377 e. The maximum absolute atomic E-state index is 10.6. The molecular weight excluding hydrogens is 154 g/mol. The molecule has 0 saturated carbocycles. The van der Waals surface area contributed by atoms with Crippen LogP contribution in [-0.2, 0) is 9.53 Å². The van der Waals surface area contributed by atoms with Gasteiger partial charge in [0.05, 0.1) is 19.3 Å². The van der Waals surface area contributed by atoms with Gasteiger partial charge < -0.3 is 9.64 Å². The van der Waals surface area contributed by atoms with Crippen LogP contribution in [0.25, 0.3) is 0 Å². The van der Waals surface area contributed by atoms with Gasteiger partial charge in [-0.15, -0.1) is 0 Å². The molecule has 0 bridgehead atoms. The number of carbonyl (C=O) groups is 1. The smallest absolute Gasteiger partial charge is 0.210 e. The lowest BCUT2D eigenvalue weighted by Crippen LogP contribution is -2.47. The molecule has 3 nitrogen and oxygen atoms in total. The fraction of sp³-hybridized carbons (Fsp3) is 0.778. The van der Waals surface area contributed by atoms with E-state index in [1.54, 1.807) is 0 Å². The lowest BCUT2D eigenvalue weighted by atomic mass is 9.98. The standard InChI is InChI=1S/C9H16NO2/c1-3-8(2)9-6-12-5-4-10(9)7-11/h7-9H,1,3-6H2,2H3. The van der Waals surface area contributed by atoms with Crippen LogP contribution >= 0.6 is 0 Å². The lowest BCUT2D eigenvalue weighted by molar-refractivity contribution is -0.128. The van der Waals surface area contributed by atoms with Crippen molar-refractivity contribution in [2.45, 2.75) is 19.4 Å². The highest BCUT2D eigenvalue weighted by atomic mass is 16.5. The van der Waals surface area contributed by atoms with Crippen LogP contribution in [0.4, 0.5) is 0 Å². The van der Waals surface area contributed by atoms with Crippen LogP contribution in [-0.4, -0.2) is 37.1 Å². The molecule has 0 aromatic carbocycles. The van der Waals surface area contributed by atoms with Gasteiger partial charge >= 0.3 is 0 Å². The molecule has 2 unspecified atom stereocenters. The summed E-state index contributed by atoms with van der Waals surface area (Å²) in [6.07, 6.45) is 1.76. The van der Waals surface area contributed by atoms with Gasteiger partial charge in [-0.2, -0.15) is 0 Å². The molecule has 1 fully saturated rings. The van der Waals surface area contributed by atoms with Crippen molar-refractivity contribution in [3.05, 3.63) is 6.92 Å². The Bertz CT molecular complexity index is 149. The van der Waals surface area contributed by atoms with E-state index in [0.717, 1.165) is 19.4 Å². The Morgan fingerprint density at radius 3 is 3.17 bits per heavy atom. The number of nitrogens with zero attached hydrogens (tertiary/aromatic N) is 1. The zero-order valence-electron chi connectivity index (χ0n) is 7.53. The average Bonchev–Trinajstić information content (AvgIpc) is 2.16. The quantitative estimate of drug-likeness (QED) is 0.584. The summed E-state index contributed by atoms with van der Waals surface area (Å²) >= 11 is 0. The predicted octanol–water partition coefficient (Wildman–Crippen LogP) is 0.704. The molecule has 3 heteroatoms. The largest absolute Gasteiger partial charge is 0.377 e. The van der Waals surface area contributed by atoms with Crippen LogP contribution in [0.3, 0.4) is 0 Å². The van der Waals surface area contributed by atoms with E-state index >= 15 is 0 Å². The summed E-state index contributed by atoms with van der Waals surface area (Å²) in [5, 5.41) is 0. The van der Waals surface area contributed by atoms with Crippen LogP contribution in [0.5, 0.6) is 0 Å². The summed E-state index contributed by atoms with van der Waals surface area (Å²) in [4.78, 5) is 12.5. The number of hydrogen-bond donors (Lipinski definition) is 0. The van der Waals surface area contributed by atoms with Gasteiger partial charge in [-0.3, -0.25) is 4.79 Å². The predicted molar refractivity (Wildman–Crippen MR) is 46.5 cm³/mol. The Hall–Kier alpha value is -0.570. The van der Waals surface area contributed by atoms with E-state index in [1.165, 1.54) is 0 Å². The van der Waals surface area contributed by atoms with Gasteiger partial charge in [0.2, 0.25) is 6.41 Å². The second-order valence-corrected chi connectivity index (χ2v) is 3.25. The molecule has 1 radical (unpaired) electrons. The molecule has 1 aliphatic heterocycles. The van der Waals surface area contributed by atoms with Crippen molar-refractivity contribution in [3.8, 4) is 0 Å². The van der Waals surface area contributed by atoms with Gasteiger partial charge in [0.1, 0.15) is 0 Å². The molecule has 1 heterocycles. The minimum absolute atomic E-state index is 0.230. The summed E-state index contributed by atoms with van der Waals surface area (Å²) in [6, 6.07) is 0.230. The first-order valence-corrected chi connectivity index (χ1v) is 4.37. The first-order valence-electron chi connectivity index (χ1n) is 4.37. The SMILES string of the molecule is [CH2]CC(C)C1COCCN1C=O. The highest BCUT2D eigenvalue weighted by molar-refractivity contribution is 5.48. The maximum atomic E-state index is 10.6. The van der Waals surface area contributed by atoms with Crippen molar-refractivity contribution < 1.29 is 9.53 Å². The molecule has 1 amide bonds. The van der Waals surface area contributed by atoms with Gasteiger partial charge in [0.25, 0.3) is 0 Å². The third kappa shape index (κ3) is 1.97. The second kappa shape index (κ2) is 4.45. The summed E-state index contributed by atoms with van der Waals surface area (Å²) in [5.41, 5.74) is 0. The number of hydrogen-bond acceptors (Lipinski definition) is 2. The zero-order chi connectivity index (χ0) is 8.97. The van der Waals surface area contributed by atoms with E-state index in [2.05, 4.69) is 13.8 Å². The number of amides is 1. The summed E-state index contributed by atoms with van der Waals surface area (Å²) in [7, 11) is 0. The maximum Gasteiger partial charge on any atom is 0.210 e.